The Bertz CT molecular complexity index is 1150. The van der Waals surface area contributed by atoms with Gasteiger partial charge in [-0.2, -0.15) is 4.98 Å². The molecule has 9 nitrogen and oxygen atoms in total. The highest BCUT2D eigenvalue weighted by atomic mass is 16.5. The van der Waals surface area contributed by atoms with Gasteiger partial charge >= 0.3 is 0 Å². The lowest BCUT2D eigenvalue weighted by Crippen LogP contribution is -2.41. The average Bonchev–Trinajstić information content (AvgIpc) is 2.75. The predicted molar refractivity (Wildman–Crippen MR) is 122 cm³/mol. The van der Waals surface area contributed by atoms with E-state index in [0.717, 1.165) is 0 Å². The van der Waals surface area contributed by atoms with E-state index < -0.39 is 10.9 Å². The summed E-state index contributed by atoms with van der Waals surface area (Å²) in [7, 11) is 3.13. The number of anilines is 5. The standard InChI is InChI=1S/C22H27N5O4/c1-12(22(2,3)4)24-17-18(20(29)19(17)28)26-16-9-10-23-21(27-16)25-14-8-7-13(30-5)11-15(14)31-6/h7-12,24H,1-6H3,(H2,23,25,26,27)/t12-/m1/s1. The minimum Gasteiger partial charge on any atom is -0.497 e. The first-order chi connectivity index (χ1) is 14.6. The molecule has 0 unspecified atom stereocenters. The van der Waals surface area contributed by atoms with Crippen LogP contribution in [0, 0.1) is 5.41 Å². The van der Waals surface area contributed by atoms with Gasteiger partial charge in [0.05, 0.1) is 19.9 Å². The summed E-state index contributed by atoms with van der Waals surface area (Å²) in [6.07, 6.45) is 1.55. The van der Waals surface area contributed by atoms with Crippen molar-refractivity contribution in [1.29, 1.82) is 0 Å². The van der Waals surface area contributed by atoms with E-state index in [2.05, 4.69) is 46.7 Å². The maximum Gasteiger partial charge on any atom is 0.253 e. The molecule has 0 radical (unpaired) electrons. The zero-order valence-electron chi connectivity index (χ0n) is 18.5. The predicted octanol–water partition coefficient (Wildman–Crippen LogP) is 3.42. The minimum atomic E-state index is -0.575. The van der Waals surface area contributed by atoms with Gasteiger partial charge in [0.25, 0.3) is 10.9 Å². The second-order valence-electron chi connectivity index (χ2n) is 8.22. The average molecular weight is 425 g/mol. The smallest absolute Gasteiger partial charge is 0.253 e. The van der Waals surface area contributed by atoms with Gasteiger partial charge in [0.1, 0.15) is 28.7 Å². The Hall–Kier alpha value is -3.62. The molecule has 0 amide bonds. The Kier molecular flexibility index (Phi) is 6.14. The first-order valence-electron chi connectivity index (χ1n) is 9.83. The second kappa shape index (κ2) is 8.63. The maximum atomic E-state index is 12.1. The fourth-order valence-electron chi connectivity index (χ4n) is 2.72. The number of aromatic nitrogens is 2. The Labute approximate surface area is 180 Å². The monoisotopic (exact) mass is 425 g/mol. The summed E-state index contributed by atoms with van der Waals surface area (Å²) >= 11 is 0. The first-order valence-corrected chi connectivity index (χ1v) is 9.83. The molecule has 0 saturated carbocycles. The second-order valence-corrected chi connectivity index (χ2v) is 8.22. The Morgan fingerprint density at radius 3 is 2.32 bits per heavy atom. The molecule has 3 rings (SSSR count). The van der Waals surface area contributed by atoms with Crippen LogP contribution in [0.3, 0.4) is 0 Å². The van der Waals surface area contributed by atoms with E-state index >= 15 is 0 Å². The van der Waals surface area contributed by atoms with Crippen molar-refractivity contribution in [3.05, 3.63) is 50.9 Å². The first kappa shape index (κ1) is 22.1. The van der Waals surface area contributed by atoms with Crippen molar-refractivity contribution >= 4 is 28.8 Å². The molecule has 0 fully saturated rings. The molecule has 0 aliphatic rings. The number of methoxy groups -OCH3 is 2. The molecular weight excluding hydrogens is 398 g/mol. The Morgan fingerprint density at radius 2 is 1.68 bits per heavy atom. The molecule has 31 heavy (non-hydrogen) atoms. The van der Waals surface area contributed by atoms with E-state index in [1.54, 1.807) is 44.7 Å². The zero-order valence-corrected chi connectivity index (χ0v) is 18.5. The zero-order chi connectivity index (χ0) is 22.8. The van der Waals surface area contributed by atoms with Crippen LogP contribution in [0.25, 0.3) is 0 Å². The molecule has 164 valence electrons. The van der Waals surface area contributed by atoms with Crippen LogP contribution in [0.2, 0.25) is 0 Å². The lowest BCUT2D eigenvalue weighted by atomic mass is 9.87. The molecule has 0 aliphatic carbocycles. The number of nitrogens with one attached hydrogen (secondary N) is 3. The minimum absolute atomic E-state index is 0.0125. The lowest BCUT2D eigenvalue weighted by Gasteiger charge is -2.30. The van der Waals surface area contributed by atoms with Crippen LogP contribution in [0.5, 0.6) is 11.5 Å². The highest BCUT2D eigenvalue weighted by molar-refractivity contribution is 5.78. The van der Waals surface area contributed by atoms with Gasteiger partial charge in [-0.05, 0) is 30.5 Å². The highest BCUT2D eigenvalue weighted by Gasteiger charge is 2.27. The largest absolute Gasteiger partial charge is 0.497 e. The molecule has 0 spiro atoms. The number of rotatable bonds is 8. The number of benzene rings is 1. The van der Waals surface area contributed by atoms with Crippen LogP contribution >= 0.6 is 0 Å². The third-order valence-electron chi connectivity index (χ3n) is 5.13. The van der Waals surface area contributed by atoms with E-state index in [4.69, 9.17) is 9.47 Å². The van der Waals surface area contributed by atoms with E-state index in [-0.39, 0.29) is 22.8 Å². The van der Waals surface area contributed by atoms with E-state index in [0.29, 0.717) is 29.0 Å². The van der Waals surface area contributed by atoms with Crippen molar-refractivity contribution in [3.63, 3.8) is 0 Å². The van der Waals surface area contributed by atoms with Crippen LogP contribution in [0.4, 0.5) is 28.8 Å². The fourth-order valence-corrected chi connectivity index (χ4v) is 2.72. The van der Waals surface area contributed by atoms with Gasteiger partial charge in [0, 0.05) is 18.3 Å². The van der Waals surface area contributed by atoms with Crippen molar-refractivity contribution in [3.8, 4) is 11.5 Å². The topological polar surface area (TPSA) is 114 Å². The van der Waals surface area contributed by atoms with Crippen LogP contribution in [-0.4, -0.2) is 30.2 Å². The van der Waals surface area contributed by atoms with E-state index in [1.807, 2.05) is 6.92 Å². The van der Waals surface area contributed by atoms with E-state index in [1.165, 1.54) is 0 Å². The van der Waals surface area contributed by atoms with Crippen molar-refractivity contribution in [2.75, 3.05) is 30.2 Å². The van der Waals surface area contributed by atoms with Gasteiger partial charge in [0.15, 0.2) is 0 Å². The van der Waals surface area contributed by atoms with E-state index in [9.17, 15) is 9.59 Å². The van der Waals surface area contributed by atoms with Gasteiger partial charge in [0.2, 0.25) is 5.95 Å². The van der Waals surface area contributed by atoms with Gasteiger partial charge in [-0.3, -0.25) is 9.59 Å². The summed E-state index contributed by atoms with van der Waals surface area (Å²) in [4.78, 5) is 32.8. The van der Waals surface area contributed by atoms with Crippen molar-refractivity contribution in [2.45, 2.75) is 33.7 Å². The third-order valence-corrected chi connectivity index (χ3v) is 5.13. The normalized spacial score (nSPS) is 12.3. The summed E-state index contributed by atoms with van der Waals surface area (Å²) in [6, 6.07) is 6.91. The van der Waals surface area contributed by atoms with Gasteiger partial charge in [-0.1, -0.05) is 20.8 Å². The summed E-state index contributed by atoms with van der Waals surface area (Å²) in [6.45, 7) is 8.13. The summed E-state index contributed by atoms with van der Waals surface area (Å²) in [5.74, 6) is 1.89. The van der Waals surface area contributed by atoms with Crippen LogP contribution < -0.4 is 36.3 Å². The summed E-state index contributed by atoms with van der Waals surface area (Å²) in [5, 5.41) is 9.17. The molecule has 0 aliphatic heterocycles. The molecule has 2 aromatic carbocycles. The number of ether oxygens (including phenoxy) is 2. The van der Waals surface area contributed by atoms with Gasteiger partial charge in [-0.25, -0.2) is 4.98 Å². The maximum absolute atomic E-state index is 12.1. The number of hydrogen-bond donors (Lipinski definition) is 3. The highest BCUT2D eigenvalue weighted by Crippen LogP contribution is 2.31. The molecule has 0 saturated heterocycles. The fraction of sp³-hybridized carbons (Fsp3) is 0.364. The van der Waals surface area contributed by atoms with Crippen LogP contribution in [0.15, 0.2) is 40.1 Å². The van der Waals surface area contributed by atoms with Crippen LogP contribution in [0.1, 0.15) is 27.7 Å². The Balaban J connectivity index is 1.81. The molecule has 0 bridgehead atoms. The molecule has 1 heterocycles. The SMILES string of the molecule is COc1ccc(Nc2nccc(Nc3c(N[C@H](C)C(C)(C)C)c(=O)c3=O)n2)c(OC)c1. The van der Waals surface area contributed by atoms with Crippen molar-refractivity contribution in [1.82, 2.24) is 9.97 Å². The molecule has 3 N–H and O–H groups in total. The van der Waals surface area contributed by atoms with Crippen LogP contribution in [-0.2, 0) is 0 Å². The summed E-state index contributed by atoms with van der Waals surface area (Å²) in [5.41, 5.74) is -0.0657. The number of nitrogens with zero attached hydrogens (tertiary/aromatic N) is 2. The summed E-state index contributed by atoms with van der Waals surface area (Å²) < 4.78 is 10.6. The number of hydrogen-bond acceptors (Lipinski definition) is 9. The van der Waals surface area contributed by atoms with Gasteiger partial charge in [-0.15, -0.1) is 0 Å². The molecule has 1 aromatic heterocycles. The lowest BCUT2D eigenvalue weighted by molar-refractivity contribution is 0.359. The van der Waals surface area contributed by atoms with Gasteiger partial charge < -0.3 is 25.4 Å². The van der Waals surface area contributed by atoms with Crippen molar-refractivity contribution in [2.24, 2.45) is 5.41 Å². The third kappa shape index (κ3) is 4.76. The molecule has 9 heteroatoms. The molecule has 3 aromatic rings. The quantitative estimate of drug-likeness (QED) is 0.467. The Morgan fingerprint density at radius 1 is 0.968 bits per heavy atom. The molecule has 1 atom stereocenters. The molecular formula is C22H27N5O4. The van der Waals surface area contributed by atoms with Crippen molar-refractivity contribution < 1.29 is 9.47 Å².